The van der Waals surface area contributed by atoms with E-state index in [-0.39, 0.29) is 5.91 Å². The number of carbonyl (C=O) groups is 1. The van der Waals surface area contributed by atoms with Gasteiger partial charge in [0.2, 0.25) is 15.9 Å². The molecule has 0 aliphatic carbocycles. The van der Waals surface area contributed by atoms with Crippen LogP contribution in [-0.4, -0.2) is 38.3 Å². The Labute approximate surface area is 152 Å². The van der Waals surface area contributed by atoms with E-state index in [0.717, 1.165) is 49.9 Å². The Kier molecular flexibility index (Phi) is 7.02. The second kappa shape index (κ2) is 8.81. The molecule has 1 aromatic carbocycles. The molecule has 0 spiro atoms. The van der Waals surface area contributed by atoms with Crippen molar-refractivity contribution in [2.45, 2.75) is 64.2 Å². The number of benzene rings is 1. The lowest BCUT2D eigenvalue weighted by Crippen LogP contribution is -2.35. The van der Waals surface area contributed by atoms with Gasteiger partial charge in [0.25, 0.3) is 0 Å². The van der Waals surface area contributed by atoms with Gasteiger partial charge in [0.15, 0.2) is 0 Å². The third-order valence-electron chi connectivity index (χ3n) is 4.81. The number of hydrogen-bond acceptors (Lipinski definition) is 3. The molecule has 0 unspecified atom stereocenters. The molecule has 25 heavy (non-hydrogen) atoms. The van der Waals surface area contributed by atoms with Gasteiger partial charge in [-0.25, -0.2) is 8.42 Å². The smallest absolute Gasteiger partial charge is 0.243 e. The van der Waals surface area contributed by atoms with Crippen LogP contribution in [0.5, 0.6) is 0 Å². The molecule has 2 rings (SSSR count). The van der Waals surface area contributed by atoms with Crippen LogP contribution < -0.4 is 4.90 Å². The Morgan fingerprint density at radius 3 is 2.52 bits per heavy atom. The lowest BCUT2D eigenvalue weighted by atomic mass is 10.0. The summed E-state index contributed by atoms with van der Waals surface area (Å²) in [6, 6.07) is 5.21. The zero-order valence-electron chi connectivity index (χ0n) is 15.6. The van der Waals surface area contributed by atoms with Gasteiger partial charge in [-0.2, -0.15) is 4.31 Å². The highest BCUT2D eigenvalue weighted by atomic mass is 32.2. The first-order valence-electron chi connectivity index (χ1n) is 9.39. The standard InChI is InChI=1S/C19H30N2O3S/c1-4-7-8-11-19(22)21-14-9-10-16-15-17(12-13-18(16)21)25(23,24)20(5-2)6-3/h12-13,15H,4-11,14H2,1-3H3. The lowest BCUT2D eigenvalue weighted by molar-refractivity contribution is -0.118. The molecule has 6 heteroatoms. The zero-order chi connectivity index (χ0) is 18.4. The molecule has 1 aliphatic rings. The van der Waals surface area contributed by atoms with Gasteiger partial charge in [-0.15, -0.1) is 0 Å². The van der Waals surface area contributed by atoms with Crippen molar-refractivity contribution in [1.29, 1.82) is 0 Å². The molecular weight excluding hydrogens is 336 g/mol. The molecule has 5 nitrogen and oxygen atoms in total. The normalized spacial score (nSPS) is 14.6. The van der Waals surface area contributed by atoms with Crippen molar-refractivity contribution in [2.24, 2.45) is 0 Å². The van der Waals surface area contributed by atoms with E-state index < -0.39 is 10.0 Å². The highest BCUT2D eigenvalue weighted by Gasteiger charge is 2.26. The number of hydrogen-bond donors (Lipinski definition) is 0. The number of unbranched alkanes of at least 4 members (excludes halogenated alkanes) is 2. The van der Waals surface area contributed by atoms with Gasteiger partial charge in [-0.05, 0) is 43.0 Å². The summed E-state index contributed by atoms with van der Waals surface area (Å²) in [5.74, 6) is 0.147. The summed E-state index contributed by atoms with van der Waals surface area (Å²) < 4.78 is 26.9. The average molecular weight is 367 g/mol. The summed E-state index contributed by atoms with van der Waals surface area (Å²) in [5, 5.41) is 0. The molecule has 1 aliphatic heterocycles. The molecule has 0 saturated heterocycles. The minimum absolute atomic E-state index is 0.147. The first-order valence-corrected chi connectivity index (χ1v) is 10.8. The second-order valence-corrected chi connectivity index (χ2v) is 8.42. The number of aryl methyl sites for hydroxylation is 1. The zero-order valence-corrected chi connectivity index (χ0v) is 16.4. The maximum absolute atomic E-state index is 12.7. The fourth-order valence-electron chi connectivity index (χ4n) is 3.37. The molecule has 0 saturated carbocycles. The van der Waals surface area contributed by atoms with Gasteiger partial charge >= 0.3 is 0 Å². The van der Waals surface area contributed by atoms with Crippen LogP contribution in [0.15, 0.2) is 23.1 Å². The van der Waals surface area contributed by atoms with Crippen LogP contribution in [0.4, 0.5) is 5.69 Å². The highest BCUT2D eigenvalue weighted by Crippen LogP contribution is 2.31. The van der Waals surface area contributed by atoms with E-state index in [0.29, 0.717) is 24.4 Å². The van der Waals surface area contributed by atoms with Crippen molar-refractivity contribution < 1.29 is 13.2 Å². The Morgan fingerprint density at radius 1 is 1.16 bits per heavy atom. The Bertz CT molecular complexity index is 697. The Hall–Kier alpha value is -1.40. The van der Waals surface area contributed by atoms with Crippen LogP contribution in [0.25, 0.3) is 0 Å². The first-order chi connectivity index (χ1) is 12.0. The quantitative estimate of drug-likeness (QED) is 0.661. The number of amides is 1. The Morgan fingerprint density at radius 2 is 1.88 bits per heavy atom. The topological polar surface area (TPSA) is 57.7 Å². The fourth-order valence-corrected chi connectivity index (χ4v) is 4.88. The summed E-state index contributed by atoms with van der Waals surface area (Å²) in [4.78, 5) is 14.7. The van der Waals surface area contributed by atoms with Crippen LogP contribution in [0.1, 0.15) is 58.4 Å². The molecular formula is C19H30N2O3S. The van der Waals surface area contributed by atoms with Gasteiger partial charge in [0.1, 0.15) is 0 Å². The molecule has 0 aromatic heterocycles. The lowest BCUT2D eigenvalue weighted by Gasteiger charge is -2.30. The predicted molar refractivity (Wildman–Crippen MR) is 101 cm³/mol. The number of sulfonamides is 1. The Balaban J connectivity index is 2.26. The van der Waals surface area contributed by atoms with Crippen molar-refractivity contribution >= 4 is 21.6 Å². The van der Waals surface area contributed by atoms with Gasteiger partial charge < -0.3 is 4.90 Å². The van der Waals surface area contributed by atoms with E-state index >= 15 is 0 Å². The van der Waals surface area contributed by atoms with Gasteiger partial charge in [0, 0.05) is 31.7 Å². The summed E-state index contributed by atoms with van der Waals surface area (Å²) in [6.07, 6.45) is 5.32. The summed E-state index contributed by atoms with van der Waals surface area (Å²) in [5.41, 5.74) is 1.84. The third kappa shape index (κ3) is 4.42. The second-order valence-electron chi connectivity index (χ2n) is 6.49. The number of fused-ring (bicyclic) bond motifs is 1. The molecule has 1 heterocycles. The first kappa shape index (κ1) is 19.9. The van der Waals surface area contributed by atoms with Gasteiger partial charge in [-0.1, -0.05) is 33.6 Å². The van der Waals surface area contributed by atoms with Crippen LogP contribution in [-0.2, 0) is 21.2 Å². The maximum atomic E-state index is 12.7. The number of nitrogens with zero attached hydrogens (tertiary/aromatic N) is 2. The molecule has 0 N–H and O–H groups in total. The molecule has 0 atom stereocenters. The SMILES string of the molecule is CCCCCC(=O)N1CCCc2cc(S(=O)(=O)N(CC)CC)ccc21. The molecule has 1 amide bonds. The van der Waals surface area contributed by atoms with Crippen LogP contribution in [0, 0.1) is 0 Å². The summed E-state index contributed by atoms with van der Waals surface area (Å²) in [6.45, 7) is 7.45. The molecule has 0 radical (unpaired) electrons. The number of rotatable bonds is 8. The van der Waals surface area contributed by atoms with Gasteiger partial charge in [0.05, 0.1) is 4.90 Å². The molecule has 1 aromatic rings. The molecule has 0 bridgehead atoms. The van der Waals surface area contributed by atoms with Crippen LogP contribution >= 0.6 is 0 Å². The van der Waals surface area contributed by atoms with E-state index in [9.17, 15) is 13.2 Å². The fraction of sp³-hybridized carbons (Fsp3) is 0.632. The highest BCUT2D eigenvalue weighted by molar-refractivity contribution is 7.89. The van der Waals surface area contributed by atoms with Crippen molar-refractivity contribution in [3.05, 3.63) is 23.8 Å². The molecule has 140 valence electrons. The van der Waals surface area contributed by atoms with Crippen molar-refractivity contribution in [2.75, 3.05) is 24.5 Å². The minimum Gasteiger partial charge on any atom is -0.312 e. The van der Waals surface area contributed by atoms with E-state index in [1.54, 1.807) is 12.1 Å². The summed E-state index contributed by atoms with van der Waals surface area (Å²) in [7, 11) is -3.46. The van der Waals surface area contributed by atoms with E-state index in [1.165, 1.54) is 4.31 Å². The third-order valence-corrected chi connectivity index (χ3v) is 6.85. The van der Waals surface area contributed by atoms with Crippen molar-refractivity contribution in [3.63, 3.8) is 0 Å². The maximum Gasteiger partial charge on any atom is 0.243 e. The monoisotopic (exact) mass is 366 g/mol. The van der Waals surface area contributed by atoms with Crippen LogP contribution in [0.3, 0.4) is 0 Å². The largest absolute Gasteiger partial charge is 0.312 e. The van der Waals surface area contributed by atoms with E-state index in [2.05, 4.69) is 6.92 Å². The number of carbonyl (C=O) groups excluding carboxylic acids is 1. The van der Waals surface area contributed by atoms with Crippen LogP contribution in [0.2, 0.25) is 0 Å². The van der Waals surface area contributed by atoms with E-state index in [4.69, 9.17) is 0 Å². The summed E-state index contributed by atoms with van der Waals surface area (Å²) >= 11 is 0. The van der Waals surface area contributed by atoms with E-state index in [1.807, 2.05) is 24.8 Å². The average Bonchev–Trinajstić information content (AvgIpc) is 2.61. The van der Waals surface area contributed by atoms with Crippen molar-refractivity contribution in [1.82, 2.24) is 4.31 Å². The molecule has 0 fully saturated rings. The van der Waals surface area contributed by atoms with Crippen molar-refractivity contribution in [3.8, 4) is 0 Å². The van der Waals surface area contributed by atoms with Gasteiger partial charge in [-0.3, -0.25) is 4.79 Å². The number of anilines is 1. The predicted octanol–water partition coefficient (Wildman–Crippen LogP) is 3.58. The minimum atomic E-state index is -3.46.